The normalized spacial score (nSPS) is 10.7. The molecule has 6 nitrogen and oxygen atoms in total. The van der Waals surface area contributed by atoms with Crippen LogP contribution in [0.2, 0.25) is 0 Å². The van der Waals surface area contributed by atoms with E-state index in [9.17, 15) is 9.59 Å². The number of aliphatic carboxylic acids is 1. The van der Waals surface area contributed by atoms with E-state index in [2.05, 4.69) is 21.2 Å². The summed E-state index contributed by atoms with van der Waals surface area (Å²) in [7, 11) is 1.53. The molecule has 1 aromatic rings. The molecule has 2 N–H and O–H groups in total. The van der Waals surface area contributed by atoms with E-state index in [1.54, 1.807) is 6.07 Å². The molecule has 0 saturated carbocycles. The fourth-order valence-corrected chi connectivity index (χ4v) is 2.26. The minimum atomic E-state index is -0.973. The van der Waals surface area contributed by atoms with Gasteiger partial charge in [-0.2, -0.15) is 0 Å². The van der Waals surface area contributed by atoms with Crippen LogP contribution >= 0.6 is 15.9 Å². The Bertz CT molecular complexity index is 508. The molecular formula is C14H19BrN2O4. The Labute approximate surface area is 132 Å². The Balaban J connectivity index is 2.61. The number of benzene rings is 1. The molecule has 0 unspecified atom stereocenters. The second-order valence-electron chi connectivity index (χ2n) is 4.60. The molecule has 0 aliphatic rings. The van der Waals surface area contributed by atoms with Gasteiger partial charge in [-0.3, -0.25) is 14.5 Å². The zero-order valence-corrected chi connectivity index (χ0v) is 13.6. The van der Waals surface area contributed by atoms with Gasteiger partial charge >= 0.3 is 5.97 Å². The molecule has 0 spiro atoms. The van der Waals surface area contributed by atoms with Crippen LogP contribution in [0, 0.1) is 6.92 Å². The molecular weight excluding hydrogens is 340 g/mol. The van der Waals surface area contributed by atoms with Gasteiger partial charge in [0.2, 0.25) is 5.91 Å². The van der Waals surface area contributed by atoms with Gasteiger partial charge in [-0.25, -0.2) is 0 Å². The van der Waals surface area contributed by atoms with E-state index in [1.165, 1.54) is 12.0 Å². The van der Waals surface area contributed by atoms with Crippen molar-refractivity contribution in [3.63, 3.8) is 0 Å². The van der Waals surface area contributed by atoms with Crippen LogP contribution < -0.4 is 5.32 Å². The van der Waals surface area contributed by atoms with Gasteiger partial charge in [-0.1, -0.05) is 15.9 Å². The zero-order chi connectivity index (χ0) is 15.8. The van der Waals surface area contributed by atoms with Crippen LogP contribution in [0.25, 0.3) is 0 Å². The van der Waals surface area contributed by atoms with Crippen molar-refractivity contribution in [1.29, 1.82) is 0 Å². The maximum Gasteiger partial charge on any atom is 0.317 e. The number of nitrogens with zero attached hydrogens (tertiary/aromatic N) is 1. The summed E-state index contributed by atoms with van der Waals surface area (Å²) in [5, 5.41) is 11.6. The van der Waals surface area contributed by atoms with E-state index in [0.29, 0.717) is 18.8 Å². The maximum atomic E-state index is 12.0. The third kappa shape index (κ3) is 6.70. The largest absolute Gasteiger partial charge is 0.480 e. The number of carboxylic acid groups (broad SMARTS) is 1. The summed E-state index contributed by atoms with van der Waals surface area (Å²) in [5.41, 5.74) is 1.64. The standard InChI is InChI=1S/C14H19BrN2O4/c1-10-7-11(15)3-4-12(10)16-13(18)8-17(5-6-21-2)9-14(19)20/h3-4,7H,5-6,8-9H2,1-2H3,(H,16,18)(H,19,20). The number of hydrogen-bond acceptors (Lipinski definition) is 4. The van der Waals surface area contributed by atoms with Gasteiger partial charge in [0.05, 0.1) is 19.7 Å². The predicted molar refractivity (Wildman–Crippen MR) is 83.5 cm³/mol. The number of carbonyl (C=O) groups is 2. The van der Waals surface area contributed by atoms with Gasteiger partial charge in [-0.15, -0.1) is 0 Å². The molecule has 0 aromatic heterocycles. The van der Waals surface area contributed by atoms with Crippen LogP contribution in [-0.2, 0) is 14.3 Å². The smallest absolute Gasteiger partial charge is 0.317 e. The number of rotatable bonds is 8. The molecule has 0 fully saturated rings. The first-order chi connectivity index (χ1) is 9.92. The van der Waals surface area contributed by atoms with E-state index in [0.717, 1.165) is 10.0 Å². The minimum absolute atomic E-state index is 0.00512. The first-order valence-electron chi connectivity index (χ1n) is 6.41. The quantitative estimate of drug-likeness (QED) is 0.739. The number of aryl methyl sites for hydroxylation is 1. The minimum Gasteiger partial charge on any atom is -0.480 e. The number of amides is 1. The van der Waals surface area contributed by atoms with Crippen molar-refractivity contribution in [3.8, 4) is 0 Å². The van der Waals surface area contributed by atoms with Crippen molar-refractivity contribution in [3.05, 3.63) is 28.2 Å². The Morgan fingerprint density at radius 2 is 2.10 bits per heavy atom. The zero-order valence-electron chi connectivity index (χ0n) is 12.1. The highest BCUT2D eigenvalue weighted by Crippen LogP contribution is 2.19. The van der Waals surface area contributed by atoms with Crippen molar-refractivity contribution in [2.24, 2.45) is 0 Å². The predicted octanol–water partition coefficient (Wildman–Crippen LogP) is 1.73. The number of ether oxygens (including phenoxy) is 1. The van der Waals surface area contributed by atoms with Gasteiger partial charge < -0.3 is 15.2 Å². The van der Waals surface area contributed by atoms with Crippen molar-refractivity contribution in [1.82, 2.24) is 4.90 Å². The summed E-state index contributed by atoms with van der Waals surface area (Å²) in [4.78, 5) is 24.3. The highest BCUT2D eigenvalue weighted by atomic mass is 79.9. The van der Waals surface area contributed by atoms with E-state index in [4.69, 9.17) is 9.84 Å². The summed E-state index contributed by atoms with van der Waals surface area (Å²) in [6, 6.07) is 5.53. The molecule has 0 aliphatic heterocycles. The second-order valence-corrected chi connectivity index (χ2v) is 5.52. The monoisotopic (exact) mass is 358 g/mol. The van der Waals surface area contributed by atoms with Crippen LogP contribution in [0.5, 0.6) is 0 Å². The van der Waals surface area contributed by atoms with Gasteiger partial charge in [-0.05, 0) is 30.7 Å². The molecule has 1 rings (SSSR count). The van der Waals surface area contributed by atoms with Crippen molar-refractivity contribution in [2.75, 3.05) is 38.7 Å². The number of hydrogen-bond donors (Lipinski definition) is 2. The summed E-state index contributed by atoms with van der Waals surface area (Å²) in [6.45, 7) is 2.45. The first-order valence-corrected chi connectivity index (χ1v) is 7.20. The van der Waals surface area contributed by atoms with E-state index in [-0.39, 0.29) is 19.0 Å². The fourth-order valence-electron chi connectivity index (χ4n) is 1.79. The average Bonchev–Trinajstić information content (AvgIpc) is 2.38. The molecule has 0 atom stereocenters. The van der Waals surface area contributed by atoms with E-state index in [1.807, 2.05) is 19.1 Å². The van der Waals surface area contributed by atoms with Gasteiger partial charge in [0.15, 0.2) is 0 Å². The lowest BCUT2D eigenvalue weighted by Gasteiger charge is -2.19. The topological polar surface area (TPSA) is 78.9 Å². The Kier molecular flexibility index (Phi) is 7.35. The summed E-state index contributed by atoms with van der Waals surface area (Å²) < 4.78 is 5.85. The van der Waals surface area contributed by atoms with Gasteiger partial charge in [0, 0.05) is 23.8 Å². The first kappa shape index (κ1) is 17.6. The molecule has 1 aromatic carbocycles. The van der Waals surface area contributed by atoms with E-state index >= 15 is 0 Å². The summed E-state index contributed by atoms with van der Waals surface area (Å²) >= 11 is 3.36. The average molecular weight is 359 g/mol. The number of halogens is 1. The van der Waals surface area contributed by atoms with Crippen molar-refractivity contribution in [2.45, 2.75) is 6.92 Å². The van der Waals surface area contributed by atoms with Crippen molar-refractivity contribution >= 4 is 33.5 Å². The summed E-state index contributed by atoms with van der Waals surface area (Å²) in [5.74, 6) is -1.23. The lowest BCUT2D eigenvalue weighted by atomic mass is 10.2. The van der Waals surface area contributed by atoms with E-state index < -0.39 is 5.97 Å². The molecule has 21 heavy (non-hydrogen) atoms. The molecule has 0 aliphatic carbocycles. The maximum absolute atomic E-state index is 12.0. The van der Waals surface area contributed by atoms with Crippen LogP contribution in [-0.4, -0.2) is 55.2 Å². The number of carboxylic acids is 1. The molecule has 0 heterocycles. The van der Waals surface area contributed by atoms with Crippen LogP contribution in [0.1, 0.15) is 5.56 Å². The van der Waals surface area contributed by atoms with Crippen molar-refractivity contribution < 1.29 is 19.4 Å². The number of carbonyl (C=O) groups excluding carboxylic acids is 1. The lowest BCUT2D eigenvalue weighted by molar-refractivity contribution is -0.138. The van der Waals surface area contributed by atoms with Crippen LogP contribution in [0.4, 0.5) is 5.69 Å². The second kappa shape index (κ2) is 8.76. The Morgan fingerprint density at radius 3 is 2.67 bits per heavy atom. The fraction of sp³-hybridized carbons (Fsp3) is 0.429. The third-order valence-electron chi connectivity index (χ3n) is 2.80. The van der Waals surface area contributed by atoms with Crippen LogP contribution in [0.15, 0.2) is 22.7 Å². The molecule has 0 saturated heterocycles. The third-order valence-corrected chi connectivity index (χ3v) is 3.29. The highest BCUT2D eigenvalue weighted by Gasteiger charge is 2.14. The molecule has 7 heteroatoms. The lowest BCUT2D eigenvalue weighted by Crippen LogP contribution is -2.38. The molecule has 1 amide bonds. The summed E-state index contributed by atoms with van der Waals surface area (Å²) in [6.07, 6.45) is 0. The molecule has 0 bridgehead atoms. The molecule has 0 radical (unpaired) electrons. The SMILES string of the molecule is COCCN(CC(=O)O)CC(=O)Nc1ccc(Br)cc1C. The van der Waals surface area contributed by atoms with Crippen LogP contribution in [0.3, 0.4) is 0 Å². The Hall–Kier alpha value is -1.44. The number of nitrogens with one attached hydrogen (secondary N) is 1. The Morgan fingerprint density at radius 1 is 1.38 bits per heavy atom. The highest BCUT2D eigenvalue weighted by molar-refractivity contribution is 9.10. The van der Waals surface area contributed by atoms with Gasteiger partial charge in [0.25, 0.3) is 0 Å². The number of anilines is 1. The molecule has 116 valence electrons. The van der Waals surface area contributed by atoms with Gasteiger partial charge in [0.1, 0.15) is 0 Å². The number of methoxy groups -OCH3 is 1.